The van der Waals surface area contributed by atoms with Crippen LogP contribution in [0, 0.1) is 45.8 Å². The quantitative estimate of drug-likeness (QED) is 0.793. The van der Waals surface area contributed by atoms with Gasteiger partial charge in [-0.3, -0.25) is 9.59 Å². The van der Waals surface area contributed by atoms with Crippen molar-refractivity contribution in [1.82, 2.24) is 5.32 Å². The molecular weight excluding hydrogens is 340 g/mol. The number of carbonyl (C=O) groups is 2. The number of nitrogens with zero attached hydrogens (tertiary/aromatic N) is 1. The molecule has 4 aliphatic rings. The molecule has 27 heavy (non-hydrogen) atoms. The summed E-state index contributed by atoms with van der Waals surface area (Å²) in [6, 6.07) is 2.32. The molecule has 0 aromatic carbocycles. The molecule has 0 unspecified atom stereocenters. The third-order valence-corrected chi connectivity index (χ3v) is 8.66. The molecule has 0 saturated heterocycles. The van der Waals surface area contributed by atoms with E-state index in [1.165, 1.54) is 0 Å². The number of nitriles is 1. The predicted octanol–water partition coefficient (Wildman–Crippen LogP) is 3.66. The van der Waals surface area contributed by atoms with Crippen LogP contribution >= 0.6 is 0 Å². The highest BCUT2D eigenvalue weighted by Gasteiger charge is 2.61. The molecule has 3 fully saturated rings. The van der Waals surface area contributed by atoms with Crippen LogP contribution in [0.15, 0.2) is 11.6 Å². The number of amides is 1. The summed E-state index contributed by atoms with van der Waals surface area (Å²) >= 11 is 0. The van der Waals surface area contributed by atoms with Gasteiger partial charge in [-0.2, -0.15) is 5.26 Å². The Morgan fingerprint density at radius 2 is 2.04 bits per heavy atom. The number of nitrogens with one attached hydrogen (secondary N) is 1. The number of aliphatic carboxylic acids is 1. The van der Waals surface area contributed by atoms with E-state index in [1.807, 2.05) is 0 Å². The molecule has 0 radical (unpaired) electrons. The Balaban J connectivity index is 1.65. The first-order valence-electron chi connectivity index (χ1n) is 10.4. The van der Waals surface area contributed by atoms with E-state index in [9.17, 15) is 14.7 Å². The molecule has 3 aliphatic carbocycles. The number of rotatable bonds is 3. The summed E-state index contributed by atoms with van der Waals surface area (Å²) in [5, 5.41) is 21.9. The molecule has 5 nitrogen and oxygen atoms in total. The maximum atomic E-state index is 12.5. The van der Waals surface area contributed by atoms with Crippen LogP contribution in [-0.2, 0) is 9.59 Å². The van der Waals surface area contributed by atoms with Gasteiger partial charge in [0.2, 0.25) is 5.91 Å². The molecule has 0 aromatic rings. The number of hydrogen-bond acceptors (Lipinski definition) is 3. The maximum Gasteiger partial charge on any atom is 0.307 e. The van der Waals surface area contributed by atoms with E-state index in [4.69, 9.17) is 5.26 Å². The lowest BCUT2D eigenvalue weighted by Crippen LogP contribution is -2.60. The Kier molecular flexibility index (Phi) is 4.36. The van der Waals surface area contributed by atoms with Crippen LogP contribution in [0.3, 0.4) is 0 Å². The van der Waals surface area contributed by atoms with Crippen molar-refractivity contribution < 1.29 is 14.7 Å². The SMILES string of the molecule is C[C@]12C=C(CCC#N)C(=O)N[C@@H]1CC[C@@H]1[C@@H]2CC[C@]2(C)[C@@H](C(=O)O)CC[C@@H]12. The minimum absolute atomic E-state index is 0.00127. The van der Waals surface area contributed by atoms with Gasteiger partial charge in [-0.05, 0) is 68.1 Å². The summed E-state index contributed by atoms with van der Waals surface area (Å²) in [7, 11) is 0. The second-order valence-electron chi connectivity index (χ2n) is 9.69. The predicted molar refractivity (Wildman–Crippen MR) is 100 cm³/mol. The van der Waals surface area contributed by atoms with Gasteiger partial charge in [0.25, 0.3) is 0 Å². The molecule has 1 aliphatic heterocycles. The molecule has 0 aromatic heterocycles. The van der Waals surface area contributed by atoms with Gasteiger partial charge in [0.05, 0.1) is 12.0 Å². The van der Waals surface area contributed by atoms with Crippen LogP contribution in [0.1, 0.15) is 65.2 Å². The monoisotopic (exact) mass is 370 g/mol. The van der Waals surface area contributed by atoms with E-state index in [-0.39, 0.29) is 28.7 Å². The molecule has 5 heteroatoms. The van der Waals surface area contributed by atoms with E-state index in [2.05, 4.69) is 31.3 Å². The number of carboxylic acids is 1. The van der Waals surface area contributed by atoms with Gasteiger partial charge in [-0.1, -0.05) is 19.9 Å². The topological polar surface area (TPSA) is 90.2 Å². The summed E-state index contributed by atoms with van der Waals surface area (Å²) in [6.07, 6.45) is 8.96. The van der Waals surface area contributed by atoms with E-state index in [1.54, 1.807) is 0 Å². The lowest BCUT2D eigenvalue weighted by Gasteiger charge is -2.59. The molecule has 0 bridgehead atoms. The molecule has 1 heterocycles. The Morgan fingerprint density at radius 1 is 1.26 bits per heavy atom. The second-order valence-corrected chi connectivity index (χ2v) is 9.69. The Morgan fingerprint density at radius 3 is 2.74 bits per heavy atom. The molecule has 7 atom stereocenters. The second kappa shape index (κ2) is 6.36. The summed E-state index contributed by atoms with van der Waals surface area (Å²) in [6.45, 7) is 4.50. The van der Waals surface area contributed by atoms with Crippen LogP contribution in [0.25, 0.3) is 0 Å². The Hall–Kier alpha value is -1.83. The van der Waals surface area contributed by atoms with Crippen molar-refractivity contribution in [3.8, 4) is 6.07 Å². The molecular formula is C22H30N2O3. The Labute approximate surface area is 161 Å². The molecule has 1 amide bonds. The van der Waals surface area contributed by atoms with Gasteiger partial charge in [-0.15, -0.1) is 0 Å². The van der Waals surface area contributed by atoms with E-state index >= 15 is 0 Å². The highest BCUT2D eigenvalue weighted by atomic mass is 16.4. The van der Waals surface area contributed by atoms with Crippen molar-refractivity contribution in [2.75, 3.05) is 0 Å². The first-order chi connectivity index (χ1) is 12.8. The number of carboxylic acid groups (broad SMARTS) is 1. The number of carbonyl (C=O) groups excluding carboxylic acids is 1. The molecule has 0 spiro atoms. The van der Waals surface area contributed by atoms with Crippen LogP contribution in [0.5, 0.6) is 0 Å². The fourth-order valence-electron chi connectivity index (χ4n) is 7.30. The summed E-state index contributed by atoms with van der Waals surface area (Å²) in [5.41, 5.74) is 0.602. The third-order valence-electron chi connectivity index (χ3n) is 8.66. The van der Waals surface area contributed by atoms with Crippen LogP contribution in [0.2, 0.25) is 0 Å². The third kappa shape index (κ3) is 2.63. The van der Waals surface area contributed by atoms with Gasteiger partial charge < -0.3 is 10.4 Å². The zero-order valence-corrected chi connectivity index (χ0v) is 16.3. The van der Waals surface area contributed by atoms with Crippen molar-refractivity contribution in [1.29, 1.82) is 5.26 Å². The molecule has 146 valence electrons. The number of hydrogen-bond donors (Lipinski definition) is 2. The van der Waals surface area contributed by atoms with Gasteiger partial charge in [0.15, 0.2) is 0 Å². The lowest BCUT2D eigenvalue weighted by molar-refractivity contribution is -0.150. The van der Waals surface area contributed by atoms with Crippen LogP contribution in [-0.4, -0.2) is 23.0 Å². The summed E-state index contributed by atoms with van der Waals surface area (Å²) in [4.78, 5) is 24.3. The normalized spacial score (nSPS) is 45.6. The highest BCUT2D eigenvalue weighted by Crippen LogP contribution is 2.65. The first kappa shape index (κ1) is 18.5. The smallest absolute Gasteiger partial charge is 0.307 e. The van der Waals surface area contributed by atoms with Crippen LogP contribution in [0.4, 0.5) is 0 Å². The van der Waals surface area contributed by atoms with E-state index < -0.39 is 5.97 Å². The zero-order chi connectivity index (χ0) is 19.4. The van der Waals surface area contributed by atoms with Gasteiger partial charge in [-0.25, -0.2) is 0 Å². The van der Waals surface area contributed by atoms with Crippen molar-refractivity contribution in [2.45, 2.75) is 71.3 Å². The fraction of sp³-hybridized carbons (Fsp3) is 0.773. The van der Waals surface area contributed by atoms with E-state index in [0.29, 0.717) is 30.6 Å². The van der Waals surface area contributed by atoms with Crippen molar-refractivity contribution in [2.24, 2.45) is 34.5 Å². The highest BCUT2D eigenvalue weighted by molar-refractivity contribution is 5.95. The summed E-state index contributed by atoms with van der Waals surface area (Å²) < 4.78 is 0. The minimum Gasteiger partial charge on any atom is -0.481 e. The lowest BCUT2D eigenvalue weighted by atomic mass is 9.47. The van der Waals surface area contributed by atoms with Gasteiger partial charge >= 0.3 is 5.97 Å². The average molecular weight is 370 g/mol. The summed E-state index contributed by atoms with van der Waals surface area (Å²) in [5.74, 6) is 0.670. The van der Waals surface area contributed by atoms with Crippen molar-refractivity contribution in [3.63, 3.8) is 0 Å². The van der Waals surface area contributed by atoms with Crippen molar-refractivity contribution >= 4 is 11.9 Å². The Bertz CT molecular complexity index is 738. The minimum atomic E-state index is -0.623. The van der Waals surface area contributed by atoms with Gasteiger partial charge in [0.1, 0.15) is 0 Å². The van der Waals surface area contributed by atoms with E-state index in [0.717, 1.165) is 44.1 Å². The zero-order valence-electron chi connectivity index (χ0n) is 16.3. The van der Waals surface area contributed by atoms with Crippen molar-refractivity contribution in [3.05, 3.63) is 11.6 Å². The fourth-order valence-corrected chi connectivity index (χ4v) is 7.30. The number of fused-ring (bicyclic) bond motifs is 5. The first-order valence-corrected chi connectivity index (χ1v) is 10.4. The molecule has 4 rings (SSSR count). The van der Waals surface area contributed by atoms with Gasteiger partial charge in [0, 0.05) is 23.5 Å². The van der Waals surface area contributed by atoms with Crippen LogP contribution < -0.4 is 5.32 Å². The maximum absolute atomic E-state index is 12.5. The average Bonchev–Trinajstić information content (AvgIpc) is 2.98. The standard InChI is InChI=1S/C22H30N2O3/c1-21-10-9-16-14(15(21)6-7-17(21)20(26)27)5-8-18-22(16,2)12-13(4-3-11-23)19(25)24-18/h12,14-18H,3-10H2,1-2H3,(H,24,25)(H,26,27)/t14-,15-,16-,17+,18+,21-,22+/m0/s1. The largest absolute Gasteiger partial charge is 0.481 e. The molecule has 3 saturated carbocycles. The molecule has 2 N–H and O–H groups in total.